The second-order valence-corrected chi connectivity index (χ2v) is 4.41. The Kier molecular flexibility index (Phi) is 2.95. The Morgan fingerprint density at radius 1 is 1.25 bits per heavy atom. The second kappa shape index (κ2) is 4.39. The van der Waals surface area contributed by atoms with E-state index < -0.39 is 0 Å². The highest BCUT2D eigenvalue weighted by atomic mass is 16.5. The Balaban J connectivity index is 2.19. The van der Waals surface area contributed by atoms with Crippen molar-refractivity contribution in [2.24, 2.45) is 5.92 Å². The number of hydrogen-bond donors (Lipinski definition) is 1. The van der Waals surface area contributed by atoms with Gasteiger partial charge in [0.15, 0.2) is 11.6 Å². The number of aromatic nitrogens is 1. The molecular formula is C13H16N2O. The van der Waals surface area contributed by atoms with Gasteiger partial charge in [0.1, 0.15) is 0 Å². The van der Waals surface area contributed by atoms with Crippen molar-refractivity contribution in [1.82, 2.24) is 5.16 Å². The maximum atomic E-state index is 5.51. The van der Waals surface area contributed by atoms with E-state index in [0.717, 1.165) is 12.0 Å². The Bertz CT molecular complexity index is 457. The first kappa shape index (κ1) is 10.7. The molecule has 1 heterocycles. The molecule has 0 aliphatic rings. The molecule has 2 aromatic rings. The molecule has 16 heavy (non-hydrogen) atoms. The van der Waals surface area contributed by atoms with Gasteiger partial charge >= 0.3 is 0 Å². The van der Waals surface area contributed by atoms with E-state index >= 15 is 0 Å². The van der Waals surface area contributed by atoms with Gasteiger partial charge < -0.3 is 10.3 Å². The van der Waals surface area contributed by atoms with Gasteiger partial charge in [0.2, 0.25) is 0 Å². The second-order valence-electron chi connectivity index (χ2n) is 4.41. The molecule has 2 N–H and O–H groups in total. The molecule has 0 bridgehead atoms. The molecule has 0 saturated carbocycles. The van der Waals surface area contributed by atoms with Gasteiger partial charge in [-0.05, 0) is 17.9 Å². The molecule has 0 saturated heterocycles. The maximum Gasteiger partial charge on any atom is 0.169 e. The summed E-state index contributed by atoms with van der Waals surface area (Å²) in [7, 11) is 0. The highest BCUT2D eigenvalue weighted by Gasteiger charge is 2.04. The number of nitrogens with two attached hydrogens (primary N) is 1. The fraction of sp³-hybridized carbons (Fsp3) is 0.308. The molecule has 0 spiro atoms. The van der Waals surface area contributed by atoms with Gasteiger partial charge in [-0.2, -0.15) is 0 Å². The van der Waals surface area contributed by atoms with Crippen LogP contribution < -0.4 is 5.73 Å². The van der Waals surface area contributed by atoms with Crippen molar-refractivity contribution in [3.63, 3.8) is 0 Å². The lowest BCUT2D eigenvalue weighted by molar-refractivity contribution is 0.436. The average Bonchev–Trinajstić information content (AvgIpc) is 2.65. The third kappa shape index (κ3) is 2.42. The van der Waals surface area contributed by atoms with Gasteiger partial charge in [0.25, 0.3) is 0 Å². The normalized spacial score (nSPS) is 10.9. The number of nitrogens with zero attached hydrogens (tertiary/aromatic N) is 1. The van der Waals surface area contributed by atoms with E-state index in [4.69, 9.17) is 10.3 Å². The van der Waals surface area contributed by atoms with Crippen LogP contribution in [0.2, 0.25) is 0 Å². The molecule has 0 unspecified atom stereocenters. The standard InChI is InChI=1S/C13H16N2O/c1-9(2)7-10-3-5-11(6-4-10)12-8-13(14)15-16-12/h3-6,8-9H,7H2,1-2H3,(H2,14,15). The summed E-state index contributed by atoms with van der Waals surface area (Å²) in [5.41, 5.74) is 7.86. The third-order valence-electron chi connectivity index (χ3n) is 2.41. The minimum absolute atomic E-state index is 0.418. The first-order chi connectivity index (χ1) is 7.65. The van der Waals surface area contributed by atoms with E-state index in [1.807, 2.05) is 12.1 Å². The minimum atomic E-state index is 0.418. The molecule has 1 aromatic carbocycles. The van der Waals surface area contributed by atoms with Crippen molar-refractivity contribution < 1.29 is 4.52 Å². The predicted molar refractivity (Wildman–Crippen MR) is 64.9 cm³/mol. The molecule has 84 valence electrons. The summed E-state index contributed by atoms with van der Waals surface area (Å²) in [6.07, 6.45) is 1.10. The van der Waals surface area contributed by atoms with Gasteiger partial charge in [-0.1, -0.05) is 43.3 Å². The highest BCUT2D eigenvalue weighted by Crippen LogP contribution is 2.22. The molecular weight excluding hydrogens is 200 g/mol. The number of anilines is 1. The van der Waals surface area contributed by atoms with Crippen LogP contribution in [0.3, 0.4) is 0 Å². The van der Waals surface area contributed by atoms with Gasteiger partial charge in [0, 0.05) is 11.6 Å². The first-order valence-electron chi connectivity index (χ1n) is 5.46. The monoisotopic (exact) mass is 216 g/mol. The Hall–Kier alpha value is -1.77. The van der Waals surface area contributed by atoms with Crippen molar-refractivity contribution in [2.45, 2.75) is 20.3 Å². The van der Waals surface area contributed by atoms with E-state index in [1.165, 1.54) is 5.56 Å². The topological polar surface area (TPSA) is 52.0 Å². The molecule has 3 nitrogen and oxygen atoms in total. The van der Waals surface area contributed by atoms with Gasteiger partial charge in [-0.15, -0.1) is 0 Å². The fourth-order valence-electron chi connectivity index (χ4n) is 1.70. The van der Waals surface area contributed by atoms with Crippen LogP contribution in [0.5, 0.6) is 0 Å². The minimum Gasteiger partial charge on any atom is -0.381 e. The molecule has 0 amide bonds. The lowest BCUT2D eigenvalue weighted by atomic mass is 10.0. The van der Waals surface area contributed by atoms with E-state index in [1.54, 1.807) is 6.07 Å². The van der Waals surface area contributed by atoms with Crippen LogP contribution in [0.1, 0.15) is 19.4 Å². The molecule has 3 heteroatoms. The summed E-state index contributed by atoms with van der Waals surface area (Å²) in [6, 6.07) is 10.1. The summed E-state index contributed by atoms with van der Waals surface area (Å²) in [4.78, 5) is 0. The van der Waals surface area contributed by atoms with Gasteiger partial charge in [-0.25, -0.2) is 0 Å². The quantitative estimate of drug-likeness (QED) is 0.857. The van der Waals surface area contributed by atoms with E-state index in [-0.39, 0.29) is 0 Å². The lowest BCUT2D eigenvalue weighted by Gasteiger charge is -2.04. The van der Waals surface area contributed by atoms with Crippen molar-refractivity contribution in [2.75, 3.05) is 5.73 Å². The smallest absolute Gasteiger partial charge is 0.169 e. The third-order valence-corrected chi connectivity index (χ3v) is 2.41. The zero-order valence-electron chi connectivity index (χ0n) is 9.60. The van der Waals surface area contributed by atoms with Crippen molar-refractivity contribution in [3.8, 4) is 11.3 Å². The van der Waals surface area contributed by atoms with Crippen LogP contribution in [-0.4, -0.2) is 5.16 Å². The summed E-state index contributed by atoms with van der Waals surface area (Å²) >= 11 is 0. The molecule has 0 aliphatic heterocycles. The van der Waals surface area contributed by atoms with Gasteiger partial charge in [0.05, 0.1) is 0 Å². The SMILES string of the molecule is CC(C)Cc1ccc(-c2cc(N)no2)cc1. The number of rotatable bonds is 3. The lowest BCUT2D eigenvalue weighted by Crippen LogP contribution is -1.93. The van der Waals surface area contributed by atoms with Crippen LogP contribution in [0.25, 0.3) is 11.3 Å². The summed E-state index contributed by atoms with van der Waals surface area (Å²) in [6.45, 7) is 4.43. The van der Waals surface area contributed by atoms with Crippen molar-refractivity contribution in [3.05, 3.63) is 35.9 Å². The van der Waals surface area contributed by atoms with Gasteiger partial charge in [-0.3, -0.25) is 0 Å². The van der Waals surface area contributed by atoms with Crippen molar-refractivity contribution >= 4 is 5.82 Å². The van der Waals surface area contributed by atoms with E-state index in [9.17, 15) is 0 Å². The number of benzene rings is 1. The van der Waals surface area contributed by atoms with Crippen LogP contribution in [0, 0.1) is 5.92 Å². The molecule has 0 aliphatic carbocycles. The average molecular weight is 216 g/mol. The van der Waals surface area contributed by atoms with E-state index in [0.29, 0.717) is 17.5 Å². The molecule has 0 radical (unpaired) electrons. The Morgan fingerprint density at radius 2 is 1.94 bits per heavy atom. The largest absolute Gasteiger partial charge is 0.381 e. The molecule has 1 aromatic heterocycles. The van der Waals surface area contributed by atoms with E-state index in [2.05, 4.69) is 31.1 Å². The van der Waals surface area contributed by atoms with Crippen LogP contribution >= 0.6 is 0 Å². The van der Waals surface area contributed by atoms with Crippen molar-refractivity contribution in [1.29, 1.82) is 0 Å². The first-order valence-corrected chi connectivity index (χ1v) is 5.46. The predicted octanol–water partition coefficient (Wildman–Crippen LogP) is 3.12. The molecule has 0 atom stereocenters. The summed E-state index contributed by atoms with van der Waals surface area (Å²) < 4.78 is 5.10. The Labute approximate surface area is 95.3 Å². The molecule has 0 fully saturated rings. The fourth-order valence-corrected chi connectivity index (χ4v) is 1.70. The zero-order valence-corrected chi connectivity index (χ0v) is 9.60. The number of nitrogen functional groups attached to an aromatic ring is 1. The van der Waals surface area contributed by atoms with Crippen LogP contribution in [-0.2, 0) is 6.42 Å². The zero-order chi connectivity index (χ0) is 11.5. The maximum absolute atomic E-state index is 5.51. The highest BCUT2D eigenvalue weighted by molar-refractivity contribution is 5.60. The molecule has 2 rings (SSSR count). The summed E-state index contributed by atoms with van der Waals surface area (Å²) in [5, 5.41) is 3.67. The summed E-state index contributed by atoms with van der Waals surface area (Å²) in [5.74, 6) is 1.81. The Morgan fingerprint density at radius 3 is 2.44 bits per heavy atom. The number of hydrogen-bond acceptors (Lipinski definition) is 3. The van der Waals surface area contributed by atoms with Crippen LogP contribution in [0.4, 0.5) is 5.82 Å². The van der Waals surface area contributed by atoms with Crippen LogP contribution in [0.15, 0.2) is 34.9 Å².